The van der Waals surface area contributed by atoms with E-state index in [1.54, 1.807) is 0 Å². The molecule has 32 heavy (non-hydrogen) atoms. The number of hydrogen-bond acceptors (Lipinski definition) is 4. The molecule has 1 saturated heterocycles. The summed E-state index contributed by atoms with van der Waals surface area (Å²) in [7, 11) is -2.31. The second kappa shape index (κ2) is 7.72. The van der Waals surface area contributed by atoms with Gasteiger partial charge < -0.3 is 4.90 Å². The van der Waals surface area contributed by atoms with Crippen molar-refractivity contribution in [2.75, 3.05) is 7.05 Å². The van der Waals surface area contributed by atoms with Crippen LogP contribution in [0.5, 0.6) is 0 Å². The molecule has 3 atom stereocenters. The second-order valence-electron chi connectivity index (χ2n) is 9.32. The van der Waals surface area contributed by atoms with Gasteiger partial charge in [0.25, 0.3) is 0 Å². The maximum absolute atomic E-state index is 13.1. The summed E-state index contributed by atoms with van der Waals surface area (Å²) >= 11 is 0. The highest BCUT2D eigenvalue weighted by molar-refractivity contribution is 7.90. The van der Waals surface area contributed by atoms with E-state index in [9.17, 15) is 31.2 Å². The summed E-state index contributed by atoms with van der Waals surface area (Å²) in [5, 5.41) is -0.748. The van der Waals surface area contributed by atoms with Crippen molar-refractivity contribution >= 4 is 22.0 Å². The summed E-state index contributed by atoms with van der Waals surface area (Å²) in [6.45, 7) is 1.75. The molecular formula is C21H26F3N3O4S. The minimum Gasteiger partial charge on any atom is -0.316 e. The third-order valence-electron chi connectivity index (χ3n) is 6.78. The van der Waals surface area contributed by atoms with Gasteiger partial charge in [-0.05, 0) is 56.7 Å². The molecule has 11 heteroatoms. The van der Waals surface area contributed by atoms with E-state index in [1.165, 1.54) is 24.1 Å². The molecule has 0 bridgehead atoms. The van der Waals surface area contributed by atoms with Crippen LogP contribution in [-0.2, 0) is 27.5 Å². The molecule has 3 aliphatic rings. The van der Waals surface area contributed by atoms with Crippen molar-refractivity contribution in [1.29, 1.82) is 0 Å². The number of sulfonamides is 1. The number of carbonyl (C=O) groups is 2. The van der Waals surface area contributed by atoms with Crippen molar-refractivity contribution in [2.45, 2.75) is 68.6 Å². The van der Waals surface area contributed by atoms with Gasteiger partial charge in [0.05, 0.1) is 16.7 Å². The lowest BCUT2D eigenvalue weighted by Gasteiger charge is -2.47. The number of hydrogen-bond donors (Lipinski definition) is 1. The summed E-state index contributed by atoms with van der Waals surface area (Å²) in [4.78, 5) is 28.0. The Balaban J connectivity index is 1.56. The zero-order chi connectivity index (χ0) is 23.5. The summed E-state index contributed by atoms with van der Waals surface area (Å²) in [5.74, 6) is -1.16. The van der Waals surface area contributed by atoms with Crippen LogP contribution in [0.1, 0.15) is 50.2 Å². The smallest absolute Gasteiger partial charge is 0.316 e. The number of nitrogens with one attached hydrogen (secondary N) is 1. The third kappa shape index (κ3) is 4.36. The van der Waals surface area contributed by atoms with Gasteiger partial charge in [-0.1, -0.05) is 12.1 Å². The third-order valence-corrected chi connectivity index (χ3v) is 8.86. The van der Waals surface area contributed by atoms with Gasteiger partial charge in [0.2, 0.25) is 15.9 Å². The van der Waals surface area contributed by atoms with Gasteiger partial charge in [-0.3, -0.25) is 9.69 Å². The van der Waals surface area contributed by atoms with Crippen LogP contribution in [0.3, 0.4) is 0 Å². The molecule has 0 spiro atoms. The molecule has 2 saturated carbocycles. The normalized spacial score (nSPS) is 28.0. The highest BCUT2D eigenvalue weighted by Crippen LogP contribution is 2.40. The monoisotopic (exact) mass is 473 g/mol. The van der Waals surface area contributed by atoms with E-state index in [-0.39, 0.29) is 25.8 Å². The van der Waals surface area contributed by atoms with Crippen molar-refractivity contribution in [1.82, 2.24) is 14.5 Å². The van der Waals surface area contributed by atoms with Gasteiger partial charge in [0.15, 0.2) is 0 Å². The van der Waals surface area contributed by atoms with Crippen LogP contribution in [0.4, 0.5) is 18.0 Å². The van der Waals surface area contributed by atoms with Gasteiger partial charge in [-0.25, -0.2) is 17.9 Å². The molecule has 1 aromatic rings. The lowest BCUT2D eigenvalue weighted by molar-refractivity contribution is -0.139. The lowest BCUT2D eigenvalue weighted by atomic mass is 9.80. The van der Waals surface area contributed by atoms with Crippen LogP contribution >= 0.6 is 0 Å². The lowest BCUT2D eigenvalue weighted by Crippen LogP contribution is -2.62. The minimum atomic E-state index is -4.51. The first kappa shape index (κ1) is 23.0. The van der Waals surface area contributed by atoms with Crippen molar-refractivity contribution in [3.8, 4) is 0 Å². The molecule has 1 N–H and O–H groups in total. The molecule has 1 heterocycles. The number of nitrogens with zero attached hydrogens (tertiary/aromatic N) is 2. The number of rotatable bonds is 5. The quantitative estimate of drug-likeness (QED) is 0.712. The van der Waals surface area contributed by atoms with Crippen LogP contribution in [0.2, 0.25) is 0 Å². The number of imide groups is 1. The highest BCUT2D eigenvalue weighted by atomic mass is 32.2. The van der Waals surface area contributed by atoms with E-state index in [0.717, 1.165) is 29.9 Å². The van der Waals surface area contributed by atoms with Gasteiger partial charge in [0, 0.05) is 25.2 Å². The average molecular weight is 474 g/mol. The molecule has 1 aliphatic heterocycles. The van der Waals surface area contributed by atoms with Crippen molar-refractivity contribution in [3.63, 3.8) is 0 Å². The fraction of sp³-hybridized carbons (Fsp3) is 0.619. The Hall–Kier alpha value is -2.14. The number of benzene rings is 1. The first-order valence-corrected chi connectivity index (χ1v) is 12.1. The fourth-order valence-electron chi connectivity index (χ4n) is 4.66. The number of carbonyl (C=O) groups excluding carboxylic acids is 2. The van der Waals surface area contributed by atoms with Crippen LogP contribution in [0.15, 0.2) is 24.3 Å². The topological polar surface area (TPSA) is 86.8 Å². The molecule has 2 aliphatic carbocycles. The molecule has 7 nitrogen and oxygen atoms in total. The molecule has 4 rings (SSSR count). The summed E-state index contributed by atoms with van der Waals surface area (Å²) in [6, 6.07) is 3.61. The van der Waals surface area contributed by atoms with Crippen LogP contribution in [-0.4, -0.2) is 54.0 Å². The van der Waals surface area contributed by atoms with Crippen LogP contribution < -0.4 is 4.72 Å². The average Bonchev–Trinajstić information content (AvgIpc) is 3.44. The predicted octanol–water partition coefficient (Wildman–Crippen LogP) is 3.11. The van der Waals surface area contributed by atoms with Crippen molar-refractivity contribution < 1.29 is 31.2 Å². The van der Waals surface area contributed by atoms with Crippen LogP contribution in [0.25, 0.3) is 0 Å². The number of fused-ring (bicyclic) bond motifs is 1. The summed E-state index contributed by atoms with van der Waals surface area (Å²) in [5.41, 5.74) is -0.934. The Morgan fingerprint density at radius 3 is 2.50 bits per heavy atom. The maximum atomic E-state index is 13.1. The largest absolute Gasteiger partial charge is 0.416 e. The molecule has 176 valence electrons. The predicted molar refractivity (Wildman–Crippen MR) is 110 cm³/mol. The molecule has 1 aromatic carbocycles. The second-order valence-corrected chi connectivity index (χ2v) is 11.3. The Kier molecular flexibility index (Phi) is 5.56. The molecule has 0 radical (unpaired) electrons. The summed E-state index contributed by atoms with van der Waals surface area (Å²) < 4.78 is 67.7. The first-order chi connectivity index (χ1) is 14.8. The minimum absolute atomic E-state index is 0.0750. The summed E-state index contributed by atoms with van der Waals surface area (Å²) in [6.07, 6.45) is -2.33. The van der Waals surface area contributed by atoms with Gasteiger partial charge >= 0.3 is 12.2 Å². The van der Waals surface area contributed by atoms with E-state index >= 15 is 0 Å². The van der Waals surface area contributed by atoms with Gasteiger partial charge in [-0.2, -0.15) is 13.2 Å². The van der Waals surface area contributed by atoms with E-state index in [0.29, 0.717) is 5.56 Å². The number of halogens is 3. The Bertz CT molecular complexity index is 1040. The number of amides is 3. The van der Waals surface area contributed by atoms with Gasteiger partial charge in [0.1, 0.15) is 0 Å². The maximum Gasteiger partial charge on any atom is 0.416 e. The standard InChI is InChI=1S/C21H26F3N3O4S/c1-20(8-9-20)25-32(30,31)15-6-7-17-16(11-15)18(28)26(2)19(29)27(17)12-13-4-3-5-14(10-13)21(22,23)24/h3-5,10,15-17,25H,6-9,11-12H2,1-2H3. The van der Waals surface area contributed by atoms with Crippen molar-refractivity contribution in [3.05, 3.63) is 35.4 Å². The zero-order valence-corrected chi connectivity index (χ0v) is 18.7. The molecule has 0 aromatic heterocycles. The zero-order valence-electron chi connectivity index (χ0n) is 17.9. The molecule has 3 fully saturated rings. The van der Waals surface area contributed by atoms with E-state index in [1.807, 2.05) is 6.92 Å². The Morgan fingerprint density at radius 2 is 1.88 bits per heavy atom. The van der Waals surface area contributed by atoms with Crippen molar-refractivity contribution in [2.24, 2.45) is 5.92 Å². The first-order valence-electron chi connectivity index (χ1n) is 10.6. The van der Waals surface area contributed by atoms with E-state index in [2.05, 4.69) is 4.72 Å². The Morgan fingerprint density at radius 1 is 1.19 bits per heavy atom. The van der Waals surface area contributed by atoms with Crippen LogP contribution in [0, 0.1) is 5.92 Å². The Labute approximate surface area is 185 Å². The van der Waals surface area contributed by atoms with Gasteiger partial charge in [-0.15, -0.1) is 0 Å². The fourth-order valence-corrected chi connectivity index (χ4v) is 6.62. The number of alkyl halides is 3. The molecular weight excluding hydrogens is 447 g/mol. The molecule has 3 unspecified atom stereocenters. The van der Waals surface area contributed by atoms with E-state index in [4.69, 9.17) is 0 Å². The SMILES string of the molecule is CN1C(=O)C2CC(S(=O)(=O)NC3(C)CC3)CCC2N(Cc2cccc(C(F)(F)F)c2)C1=O. The molecule has 3 amide bonds. The number of urea groups is 1. The van der Waals surface area contributed by atoms with E-state index < -0.39 is 56.4 Å². The highest BCUT2D eigenvalue weighted by Gasteiger charge is 2.51.